The molecule has 6 aromatic rings. The van der Waals surface area contributed by atoms with E-state index in [0.717, 1.165) is 24.2 Å². The average Bonchev–Trinajstić information content (AvgIpc) is 3.34. The normalized spacial score (nSPS) is 20.5. The number of aromatic nitrogens is 4. The van der Waals surface area contributed by atoms with Crippen molar-refractivity contribution in [2.75, 3.05) is 0 Å². The molecule has 4 nitrogen and oxygen atoms in total. The van der Waals surface area contributed by atoms with Crippen LogP contribution in [0.5, 0.6) is 0 Å². The third kappa shape index (κ3) is 3.31. The minimum atomic E-state index is -0.201. The number of fused-ring (bicyclic) bond motifs is 3. The first-order valence-corrected chi connectivity index (χ1v) is 15.0. The molecule has 206 valence electrons. The van der Waals surface area contributed by atoms with Gasteiger partial charge in [0.15, 0.2) is 16.7 Å². The lowest BCUT2D eigenvalue weighted by molar-refractivity contribution is -0.728. The Labute approximate surface area is 242 Å². The van der Waals surface area contributed by atoms with Crippen molar-refractivity contribution < 1.29 is 4.57 Å². The van der Waals surface area contributed by atoms with Crippen molar-refractivity contribution in [1.29, 1.82) is 0 Å². The molecule has 7 rings (SSSR count). The minimum absolute atomic E-state index is 0.193. The van der Waals surface area contributed by atoms with Crippen molar-refractivity contribution in [3.63, 3.8) is 0 Å². The van der Waals surface area contributed by atoms with E-state index in [2.05, 4.69) is 142 Å². The van der Waals surface area contributed by atoms with Crippen LogP contribution in [0.25, 0.3) is 50.0 Å². The highest BCUT2D eigenvalue weighted by Crippen LogP contribution is 2.52. The van der Waals surface area contributed by atoms with Gasteiger partial charge >= 0.3 is 0 Å². The van der Waals surface area contributed by atoms with Gasteiger partial charge in [0.05, 0.1) is 22.2 Å². The molecular formula is C37H39N4+. The highest BCUT2D eigenvalue weighted by Gasteiger charge is 2.57. The summed E-state index contributed by atoms with van der Waals surface area (Å²) in [6.45, 7) is 16.2. The Bertz CT molecular complexity index is 1960. The zero-order valence-corrected chi connectivity index (χ0v) is 25.3. The Hall–Kier alpha value is -4.05. The summed E-state index contributed by atoms with van der Waals surface area (Å²) in [7, 11) is 0. The van der Waals surface area contributed by atoms with Crippen LogP contribution in [0.3, 0.4) is 0 Å². The number of benzene rings is 3. The summed E-state index contributed by atoms with van der Waals surface area (Å²) in [6.07, 6.45) is 1.97. The number of hydrogen-bond donors (Lipinski definition) is 0. The fraction of sp³-hybridized carbons (Fsp3) is 0.324. The molecular weight excluding hydrogens is 500 g/mol. The highest BCUT2D eigenvalue weighted by molar-refractivity contribution is 6.09. The van der Waals surface area contributed by atoms with Crippen molar-refractivity contribution in [1.82, 2.24) is 14.4 Å². The number of rotatable bonds is 4. The number of pyridine rings is 1. The van der Waals surface area contributed by atoms with Gasteiger partial charge in [0, 0.05) is 11.0 Å². The molecule has 0 bridgehead atoms. The molecule has 1 aliphatic heterocycles. The molecule has 0 radical (unpaired) electrons. The predicted molar refractivity (Wildman–Crippen MR) is 169 cm³/mol. The van der Waals surface area contributed by atoms with Crippen molar-refractivity contribution in [2.45, 2.75) is 77.7 Å². The van der Waals surface area contributed by atoms with E-state index >= 15 is 0 Å². The lowest BCUT2D eigenvalue weighted by Crippen LogP contribution is -2.66. The zero-order chi connectivity index (χ0) is 28.7. The van der Waals surface area contributed by atoms with Gasteiger partial charge in [-0.1, -0.05) is 107 Å². The van der Waals surface area contributed by atoms with E-state index in [1.807, 2.05) is 0 Å². The van der Waals surface area contributed by atoms with Crippen LogP contribution < -0.4 is 4.57 Å². The van der Waals surface area contributed by atoms with Crippen LogP contribution in [0.15, 0.2) is 84.9 Å². The molecule has 0 aliphatic carbocycles. The fourth-order valence-corrected chi connectivity index (χ4v) is 7.28. The fourth-order valence-electron chi connectivity index (χ4n) is 7.28. The quantitative estimate of drug-likeness (QED) is 0.210. The van der Waals surface area contributed by atoms with Crippen LogP contribution in [0, 0.1) is 0 Å². The minimum Gasteiger partial charge on any atom is -0.236 e. The molecule has 41 heavy (non-hydrogen) atoms. The Balaban J connectivity index is 1.89. The second-order valence-electron chi connectivity index (χ2n) is 13.1. The molecule has 0 amide bonds. The summed E-state index contributed by atoms with van der Waals surface area (Å²) in [5.74, 6) is 0.906. The topological polar surface area (TPSA) is 34.1 Å². The van der Waals surface area contributed by atoms with Gasteiger partial charge in [-0.15, -0.1) is 0 Å². The predicted octanol–water partition coefficient (Wildman–Crippen LogP) is 8.76. The second-order valence-corrected chi connectivity index (χ2v) is 13.1. The van der Waals surface area contributed by atoms with E-state index < -0.39 is 0 Å². The standard InChI is InChI=1S/C37H39N4/c1-8-36(6)32-29-30(38-34(39-32)35(3,4)5)28(24-18-12-10-13-19-24)31(25-20-14-11-15-21-25)40-26-22-16-17-23-27(26)41(33(29)40)37(36,7)9-2/h10-23H,8-9H2,1-7H3/q+1. The SMILES string of the molecule is CCC1(C)c2nc(C(C)(C)C)nc3c(-c4ccccc4)c(-c4ccccc4)n4c5ccccc5[n+](c4c23)C1(C)CC. The van der Waals surface area contributed by atoms with Gasteiger partial charge in [0.1, 0.15) is 16.7 Å². The lowest BCUT2D eigenvalue weighted by Gasteiger charge is -2.46. The Kier molecular flexibility index (Phi) is 5.51. The summed E-state index contributed by atoms with van der Waals surface area (Å²) in [5.41, 5.74) is 10.0. The molecule has 4 heterocycles. The van der Waals surface area contributed by atoms with Crippen LogP contribution >= 0.6 is 0 Å². The smallest absolute Gasteiger partial charge is 0.236 e. The van der Waals surface area contributed by atoms with Crippen LogP contribution in [-0.2, 0) is 16.4 Å². The van der Waals surface area contributed by atoms with E-state index in [0.29, 0.717) is 0 Å². The van der Waals surface area contributed by atoms with Gasteiger partial charge in [0.2, 0.25) is 0 Å². The van der Waals surface area contributed by atoms with E-state index in [-0.39, 0.29) is 16.4 Å². The van der Waals surface area contributed by atoms with E-state index in [1.54, 1.807) is 0 Å². The number of para-hydroxylation sites is 2. The van der Waals surface area contributed by atoms with Crippen molar-refractivity contribution in [3.8, 4) is 22.4 Å². The molecule has 0 spiro atoms. The first-order valence-electron chi connectivity index (χ1n) is 15.0. The van der Waals surface area contributed by atoms with Crippen molar-refractivity contribution >= 4 is 27.6 Å². The first-order chi connectivity index (χ1) is 19.7. The van der Waals surface area contributed by atoms with Gasteiger partial charge < -0.3 is 0 Å². The summed E-state index contributed by atoms with van der Waals surface area (Å²) in [5, 5.41) is 1.18. The zero-order valence-electron chi connectivity index (χ0n) is 25.3. The molecule has 1 aliphatic rings. The van der Waals surface area contributed by atoms with Crippen LogP contribution in [0.1, 0.15) is 72.8 Å². The lowest BCUT2D eigenvalue weighted by atomic mass is 9.63. The average molecular weight is 540 g/mol. The Morgan fingerprint density at radius 1 is 0.756 bits per heavy atom. The molecule has 0 fully saturated rings. The Morgan fingerprint density at radius 2 is 1.37 bits per heavy atom. The molecule has 0 saturated heterocycles. The van der Waals surface area contributed by atoms with Gasteiger partial charge in [-0.25, -0.2) is 14.5 Å². The third-order valence-electron chi connectivity index (χ3n) is 10.00. The van der Waals surface area contributed by atoms with Gasteiger partial charge in [-0.05, 0) is 44.4 Å². The van der Waals surface area contributed by atoms with E-state index in [4.69, 9.17) is 9.97 Å². The first kappa shape index (κ1) is 25.9. The molecule has 0 saturated carbocycles. The molecule has 4 heteroatoms. The maximum atomic E-state index is 5.52. The number of hydrogen-bond acceptors (Lipinski definition) is 2. The molecule has 3 aromatic heterocycles. The van der Waals surface area contributed by atoms with Crippen molar-refractivity contribution in [2.24, 2.45) is 0 Å². The largest absolute Gasteiger partial charge is 0.299 e. The summed E-state index contributed by atoms with van der Waals surface area (Å²) in [4.78, 5) is 11.0. The third-order valence-corrected chi connectivity index (χ3v) is 10.00. The number of imidazole rings is 1. The van der Waals surface area contributed by atoms with Gasteiger partial charge in [-0.2, -0.15) is 4.40 Å². The molecule has 3 aromatic carbocycles. The molecule has 2 atom stereocenters. The van der Waals surface area contributed by atoms with Gasteiger partial charge in [-0.3, -0.25) is 0 Å². The van der Waals surface area contributed by atoms with E-state index in [1.165, 1.54) is 50.1 Å². The molecule has 0 N–H and O–H groups in total. The summed E-state index contributed by atoms with van der Waals surface area (Å²) >= 11 is 0. The number of nitrogens with zero attached hydrogens (tertiary/aromatic N) is 4. The maximum absolute atomic E-state index is 5.52. The molecule has 2 unspecified atom stereocenters. The van der Waals surface area contributed by atoms with Crippen LogP contribution in [0.2, 0.25) is 0 Å². The van der Waals surface area contributed by atoms with Gasteiger partial charge in [0.25, 0.3) is 5.65 Å². The summed E-state index contributed by atoms with van der Waals surface area (Å²) < 4.78 is 5.16. The van der Waals surface area contributed by atoms with Crippen LogP contribution in [-0.4, -0.2) is 14.4 Å². The van der Waals surface area contributed by atoms with Crippen molar-refractivity contribution in [3.05, 3.63) is 96.4 Å². The summed E-state index contributed by atoms with van der Waals surface area (Å²) in [6, 6.07) is 30.6. The van der Waals surface area contributed by atoms with Crippen LogP contribution in [0.4, 0.5) is 0 Å². The van der Waals surface area contributed by atoms with E-state index in [9.17, 15) is 0 Å². The highest BCUT2D eigenvalue weighted by atomic mass is 15.2. The maximum Gasteiger partial charge on any atom is 0.299 e. The Morgan fingerprint density at radius 3 is 1.98 bits per heavy atom. The monoisotopic (exact) mass is 539 g/mol. The second kappa shape index (κ2) is 8.72.